The Kier molecular flexibility index (Phi) is 4.13. The van der Waals surface area contributed by atoms with Gasteiger partial charge in [-0.05, 0) is 18.6 Å². The van der Waals surface area contributed by atoms with E-state index in [-0.39, 0.29) is 5.91 Å². The van der Waals surface area contributed by atoms with E-state index in [1.165, 1.54) is 17.3 Å². The molecule has 1 atom stereocenters. The molecule has 0 aliphatic heterocycles. The summed E-state index contributed by atoms with van der Waals surface area (Å²) in [5.41, 5.74) is 6.81. The molecule has 1 aromatic carbocycles. The first-order valence-corrected chi connectivity index (χ1v) is 6.21. The maximum absolute atomic E-state index is 11.9. The van der Waals surface area contributed by atoms with Gasteiger partial charge in [0, 0.05) is 0 Å². The van der Waals surface area contributed by atoms with Crippen molar-refractivity contribution in [3.05, 3.63) is 35.9 Å². The molecular weight excluding hydrogens is 266 g/mol. The SMILES string of the molecule is CCC(N)C(=O)Nc1cccc(Cl)c1-n1cncn1. The largest absolute Gasteiger partial charge is 0.323 e. The minimum atomic E-state index is -0.553. The van der Waals surface area contributed by atoms with Crippen LogP contribution in [0.5, 0.6) is 0 Å². The van der Waals surface area contributed by atoms with Crippen LogP contribution in [-0.2, 0) is 4.79 Å². The number of rotatable bonds is 4. The number of aromatic nitrogens is 3. The Morgan fingerprint density at radius 1 is 1.58 bits per heavy atom. The van der Waals surface area contributed by atoms with Crippen molar-refractivity contribution in [2.75, 3.05) is 5.32 Å². The van der Waals surface area contributed by atoms with Crippen LogP contribution in [0.2, 0.25) is 5.02 Å². The van der Waals surface area contributed by atoms with E-state index in [4.69, 9.17) is 17.3 Å². The summed E-state index contributed by atoms with van der Waals surface area (Å²) in [6.07, 6.45) is 3.47. The predicted octanol–water partition coefficient (Wildman–Crippen LogP) is 1.60. The van der Waals surface area contributed by atoms with Crippen molar-refractivity contribution in [1.82, 2.24) is 14.8 Å². The summed E-state index contributed by atoms with van der Waals surface area (Å²) in [6, 6.07) is 4.65. The highest BCUT2D eigenvalue weighted by molar-refractivity contribution is 6.33. The average Bonchev–Trinajstić information content (AvgIpc) is 2.91. The first-order chi connectivity index (χ1) is 9.13. The van der Waals surface area contributed by atoms with Crippen LogP contribution in [0.1, 0.15) is 13.3 Å². The zero-order valence-electron chi connectivity index (χ0n) is 10.4. The number of hydrogen-bond donors (Lipinski definition) is 2. The average molecular weight is 280 g/mol. The smallest absolute Gasteiger partial charge is 0.241 e. The van der Waals surface area contributed by atoms with Crippen LogP contribution >= 0.6 is 11.6 Å². The fraction of sp³-hybridized carbons (Fsp3) is 0.250. The number of nitrogens with two attached hydrogens (primary N) is 1. The summed E-state index contributed by atoms with van der Waals surface area (Å²) in [6.45, 7) is 1.85. The van der Waals surface area contributed by atoms with Crippen molar-refractivity contribution < 1.29 is 4.79 Å². The monoisotopic (exact) mass is 279 g/mol. The van der Waals surface area contributed by atoms with E-state index in [0.29, 0.717) is 22.8 Å². The van der Waals surface area contributed by atoms with Crippen molar-refractivity contribution in [2.24, 2.45) is 5.73 Å². The number of nitrogens with one attached hydrogen (secondary N) is 1. The summed E-state index contributed by atoms with van der Waals surface area (Å²) >= 11 is 6.15. The highest BCUT2D eigenvalue weighted by atomic mass is 35.5. The summed E-state index contributed by atoms with van der Waals surface area (Å²) < 4.78 is 1.50. The minimum Gasteiger partial charge on any atom is -0.323 e. The quantitative estimate of drug-likeness (QED) is 0.890. The number of amides is 1. The van der Waals surface area contributed by atoms with Gasteiger partial charge >= 0.3 is 0 Å². The van der Waals surface area contributed by atoms with E-state index in [1.807, 2.05) is 6.92 Å². The molecule has 0 aliphatic rings. The fourth-order valence-electron chi connectivity index (χ4n) is 1.58. The first kappa shape index (κ1) is 13.5. The van der Waals surface area contributed by atoms with Crippen LogP contribution in [0.15, 0.2) is 30.9 Å². The molecule has 0 saturated carbocycles. The topological polar surface area (TPSA) is 85.8 Å². The third-order valence-electron chi connectivity index (χ3n) is 2.67. The van der Waals surface area contributed by atoms with Crippen molar-refractivity contribution in [1.29, 1.82) is 0 Å². The van der Waals surface area contributed by atoms with E-state index in [1.54, 1.807) is 18.2 Å². The summed E-state index contributed by atoms with van der Waals surface area (Å²) in [5, 5.41) is 7.24. The molecule has 0 fully saturated rings. The van der Waals surface area contributed by atoms with Gasteiger partial charge in [-0.25, -0.2) is 9.67 Å². The normalized spacial score (nSPS) is 12.2. The van der Waals surface area contributed by atoms with E-state index in [2.05, 4.69) is 15.4 Å². The maximum atomic E-state index is 11.9. The third-order valence-corrected chi connectivity index (χ3v) is 2.97. The van der Waals surface area contributed by atoms with Crippen molar-refractivity contribution >= 4 is 23.2 Å². The molecule has 0 spiro atoms. The molecule has 1 unspecified atom stereocenters. The van der Waals surface area contributed by atoms with Gasteiger partial charge in [0.15, 0.2) is 0 Å². The Labute approximate surface area is 115 Å². The van der Waals surface area contributed by atoms with Crippen LogP contribution < -0.4 is 11.1 Å². The summed E-state index contributed by atoms with van der Waals surface area (Å²) in [5.74, 6) is -0.258. The van der Waals surface area contributed by atoms with Gasteiger partial charge in [0.2, 0.25) is 5.91 Å². The van der Waals surface area contributed by atoms with Crippen LogP contribution in [0, 0.1) is 0 Å². The number of halogens is 1. The molecular formula is C12H14ClN5O. The second kappa shape index (κ2) is 5.81. The van der Waals surface area contributed by atoms with Gasteiger partial charge in [-0.3, -0.25) is 4.79 Å². The molecule has 2 aromatic rings. The number of nitrogens with zero attached hydrogens (tertiary/aromatic N) is 3. The Hall–Kier alpha value is -1.92. The molecule has 0 radical (unpaired) electrons. The molecule has 6 nitrogen and oxygen atoms in total. The van der Waals surface area contributed by atoms with Crippen molar-refractivity contribution in [3.8, 4) is 5.69 Å². The lowest BCUT2D eigenvalue weighted by molar-refractivity contribution is -0.117. The van der Waals surface area contributed by atoms with Crippen LogP contribution in [0.25, 0.3) is 5.69 Å². The minimum absolute atomic E-state index is 0.258. The van der Waals surface area contributed by atoms with Gasteiger partial charge in [-0.1, -0.05) is 24.6 Å². The van der Waals surface area contributed by atoms with Gasteiger partial charge in [-0.2, -0.15) is 5.10 Å². The molecule has 1 aromatic heterocycles. The number of benzene rings is 1. The predicted molar refractivity (Wildman–Crippen MR) is 73.3 cm³/mol. The highest BCUT2D eigenvalue weighted by Crippen LogP contribution is 2.27. The maximum Gasteiger partial charge on any atom is 0.241 e. The lowest BCUT2D eigenvalue weighted by atomic mass is 10.2. The Balaban J connectivity index is 2.36. The van der Waals surface area contributed by atoms with Gasteiger partial charge < -0.3 is 11.1 Å². The zero-order chi connectivity index (χ0) is 13.8. The van der Waals surface area contributed by atoms with Crippen molar-refractivity contribution in [3.63, 3.8) is 0 Å². The summed E-state index contributed by atoms with van der Waals surface area (Å²) in [7, 11) is 0. The van der Waals surface area contributed by atoms with Crippen LogP contribution in [0.4, 0.5) is 5.69 Å². The molecule has 0 bridgehead atoms. The number of carbonyl (C=O) groups excluding carboxylic acids is 1. The molecule has 100 valence electrons. The molecule has 0 aliphatic carbocycles. The highest BCUT2D eigenvalue weighted by Gasteiger charge is 2.15. The second-order valence-electron chi connectivity index (χ2n) is 3.98. The van der Waals surface area contributed by atoms with E-state index in [9.17, 15) is 4.79 Å². The van der Waals surface area contributed by atoms with Gasteiger partial charge in [0.25, 0.3) is 0 Å². The van der Waals surface area contributed by atoms with E-state index >= 15 is 0 Å². The Morgan fingerprint density at radius 3 is 3.00 bits per heavy atom. The molecule has 19 heavy (non-hydrogen) atoms. The molecule has 2 rings (SSSR count). The van der Waals surface area contributed by atoms with E-state index < -0.39 is 6.04 Å². The number of carbonyl (C=O) groups is 1. The van der Waals surface area contributed by atoms with Gasteiger partial charge in [0.05, 0.1) is 16.8 Å². The fourth-order valence-corrected chi connectivity index (χ4v) is 1.84. The van der Waals surface area contributed by atoms with Gasteiger partial charge in [-0.15, -0.1) is 0 Å². The number of hydrogen-bond acceptors (Lipinski definition) is 4. The van der Waals surface area contributed by atoms with Crippen LogP contribution in [0.3, 0.4) is 0 Å². The first-order valence-electron chi connectivity index (χ1n) is 5.83. The van der Waals surface area contributed by atoms with Crippen molar-refractivity contribution in [2.45, 2.75) is 19.4 Å². The standard InChI is InChI=1S/C12H14ClN5O/c1-2-9(14)12(19)17-10-5-3-4-8(13)11(10)18-7-15-6-16-18/h3-7,9H,2,14H2,1H3,(H,17,19). The number of para-hydroxylation sites is 1. The molecule has 0 saturated heterocycles. The summed E-state index contributed by atoms with van der Waals surface area (Å²) in [4.78, 5) is 15.7. The number of anilines is 1. The lowest BCUT2D eigenvalue weighted by Crippen LogP contribution is -2.35. The molecule has 1 heterocycles. The Morgan fingerprint density at radius 2 is 2.37 bits per heavy atom. The van der Waals surface area contributed by atoms with Gasteiger partial charge in [0.1, 0.15) is 18.3 Å². The van der Waals surface area contributed by atoms with Crippen LogP contribution in [-0.4, -0.2) is 26.7 Å². The second-order valence-corrected chi connectivity index (χ2v) is 4.39. The molecule has 1 amide bonds. The Bertz CT molecular complexity index is 570. The molecule has 3 N–H and O–H groups in total. The van der Waals surface area contributed by atoms with E-state index in [0.717, 1.165) is 0 Å². The zero-order valence-corrected chi connectivity index (χ0v) is 11.1. The third kappa shape index (κ3) is 2.91. The lowest BCUT2D eigenvalue weighted by Gasteiger charge is -2.14. The molecule has 7 heteroatoms.